The van der Waals surface area contributed by atoms with Gasteiger partial charge in [-0.1, -0.05) is 31.5 Å². The van der Waals surface area contributed by atoms with Crippen molar-refractivity contribution in [2.75, 3.05) is 5.75 Å². The Morgan fingerprint density at radius 2 is 1.84 bits per heavy atom. The number of carboxylic acid groups (broad SMARTS) is 1. The summed E-state index contributed by atoms with van der Waals surface area (Å²) < 4.78 is 0. The van der Waals surface area contributed by atoms with Gasteiger partial charge in [0, 0.05) is 4.90 Å². The summed E-state index contributed by atoms with van der Waals surface area (Å²) in [5.74, 6) is -1.17. The molecule has 0 aromatic heterocycles. The fraction of sp³-hybridized carbons (Fsp3) is 0.429. The molecule has 0 saturated heterocycles. The van der Waals surface area contributed by atoms with Gasteiger partial charge in [-0.25, -0.2) is 4.79 Å². The molecule has 0 aliphatic carbocycles. The van der Waals surface area contributed by atoms with Crippen molar-refractivity contribution < 1.29 is 14.7 Å². The molecule has 5 heteroatoms. The van der Waals surface area contributed by atoms with E-state index in [2.05, 4.69) is 5.32 Å². The van der Waals surface area contributed by atoms with Crippen molar-refractivity contribution in [3.05, 3.63) is 29.8 Å². The van der Waals surface area contributed by atoms with Crippen molar-refractivity contribution >= 4 is 23.6 Å². The van der Waals surface area contributed by atoms with E-state index in [0.717, 1.165) is 4.90 Å². The van der Waals surface area contributed by atoms with E-state index >= 15 is 0 Å². The second kappa shape index (κ2) is 7.19. The third kappa shape index (κ3) is 5.34. The van der Waals surface area contributed by atoms with Crippen LogP contribution < -0.4 is 5.32 Å². The smallest absolute Gasteiger partial charge is 0.326 e. The van der Waals surface area contributed by atoms with Gasteiger partial charge in [0.05, 0.1) is 5.75 Å². The summed E-state index contributed by atoms with van der Waals surface area (Å²) >= 11 is 1.40. The summed E-state index contributed by atoms with van der Waals surface area (Å²) in [4.78, 5) is 23.7. The first-order valence-electron chi connectivity index (χ1n) is 6.11. The first kappa shape index (κ1) is 15.6. The van der Waals surface area contributed by atoms with Gasteiger partial charge in [0.2, 0.25) is 5.91 Å². The molecule has 1 amide bonds. The largest absolute Gasteiger partial charge is 0.480 e. The Hall–Kier alpha value is -1.49. The number of aliphatic carboxylic acids is 1. The van der Waals surface area contributed by atoms with Gasteiger partial charge in [-0.3, -0.25) is 4.79 Å². The Morgan fingerprint density at radius 3 is 2.32 bits per heavy atom. The molecule has 0 aliphatic heterocycles. The molecule has 1 atom stereocenters. The van der Waals surface area contributed by atoms with Gasteiger partial charge in [0.15, 0.2) is 0 Å². The summed E-state index contributed by atoms with van der Waals surface area (Å²) in [5.41, 5.74) is 1.17. The average Bonchev–Trinajstić information content (AvgIpc) is 2.34. The molecule has 0 saturated carbocycles. The topological polar surface area (TPSA) is 66.4 Å². The molecule has 2 N–H and O–H groups in total. The highest BCUT2D eigenvalue weighted by molar-refractivity contribution is 8.00. The Labute approximate surface area is 117 Å². The third-order valence-electron chi connectivity index (χ3n) is 2.64. The minimum Gasteiger partial charge on any atom is -0.480 e. The molecule has 1 aromatic carbocycles. The summed E-state index contributed by atoms with van der Waals surface area (Å²) in [6.07, 6.45) is 0. The Morgan fingerprint density at radius 1 is 1.26 bits per heavy atom. The summed E-state index contributed by atoms with van der Waals surface area (Å²) in [6, 6.07) is 7.03. The highest BCUT2D eigenvalue weighted by Crippen LogP contribution is 2.18. The lowest BCUT2D eigenvalue weighted by atomic mass is 10.1. The molecular formula is C14H19NO3S. The molecule has 1 rings (SSSR count). The lowest BCUT2D eigenvalue weighted by Crippen LogP contribution is -2.45. The number of benzene rings is 1. The van der Waals surface area contributed by atoms with Gasteiger partial charge >= 0.3 is 5.97 Å². The molecule has 0 unspecified atom stereocenters. The van der Waals surface area contributed by atoms with Crippen LogP contribution in [-0.2, 0) is 9.59 Å². The minimum absolute atomic E-state index is 0.133. The van der Waals surface area contributed by atoms with Gasteiger partial charge in [-0.15, -0.1) is 11.8 Å². The number of carbonyl (C=O) groups excluding carboxylic acids is 1. The van der Waals surface area contributed by atoms with E-state index in [0.29, 0.717) is 0 Å². The number of hydrogen-bond acceptors (Lipinski definition) is 3. The van der Waals surface area contributed by atoms with Crippen LogP contribution in [0.15, 0.2) is 29.2 Å². The lowest BCUT2D eigenvalue weighted by molar-refractivity contribution is -0.142. The molecule has 0 radical (unpaired) electrons. The standard InChI is InChI=1S/C14H19NO3S/c1-9(2)13(14(17)18)15-12(16)8-19-11-6-4-10(3)5-7-11/h4-7,9,13H,8H2,1-3H3,(H,15,16)(H,17,18)/t13-/m1/s1. The Balaban J connectivity index is 2.47. The fourth-order valence-corrected chi connectivity index (χ4v) is 2.22. The van der Waals surface area contributed by atoms with Crippen LogP contribution in [0.1, 0.15) is 19.4 Å². The first-order valence-corrected chi connectivity index (χ1v) is 7.10. The molecule has 0 heterocycles. The highest BCUT2D eigenvalue weighted by Gasteiger charge is 2.23. The highest BCUT2D eigenvalue weighted by atomic mass is 32.2. The molecular weight excluding hydrogens is 262 g/mol. The maximum atomic E-state index is 11.7. The van der Waals surface area contributed by atoms with Crippen molar-refractivity contribution in [2.45, 2.75) is 31.7 Å². The third-order valence-corrected chi connectivity index (χ3v) is 3.65. The molecule has 104 valence electrons. The number of carboxylic acids is 1. The zero-order chi connectivity index (χ0) is 14.4. The molecule has 4 nitrogen and oxygen atoms in total. The van der Waals surface area contributed by atoms with Gasteiger partial charge in [-0.05, 0) is 25.0 Å². The van der Waals surface area contributed by atoms with E-state index in [1.165, 1.54) is 17.3 Å². The van der Waals surface area contributed by atoms with E-state index in [-0.39, 0.29) is 17.6 Å². The Bertz CT molecular complexity index is 443. The van der Waals surface area contributed by atoms with Crippen LogP contribution in [0, 0.1) is 12.8 Å². The van der Waals surface area contributed by atoms with Gasteiger partial charge in [0.1, 0.15) is 6.04 Å². The summed E-state index contributed by atoms with van der Waals surface area (Å²) in [5, 5.41) is 11.5. The monoisotopic (exact) mass is 281 g/mol. The normalized spacial score (nSPS) is 12.2. The molecule has 0 fully saturated rings. The quantitative estimate of drug-likeness (QED) is 0.785. The van der Waals surface area contributed by atoms with Crippen LogP contribution in [0.5, 0.6) is 0 Å². The van der Waals surface area contributed by atoms with Crippen LogP contribution in [0.4, 0.5) is 0 Å². The van der Waals surface area contributed by atoms with Gasteiger partial charge in [0.25, 0.3) is 0 Å². The number of amides is 1. The number of thioether (sulfide) groups is 1. The Kier molecular flexibility index (Phi) is 5.89. The maximum Gasteiger partial charge on any atom is 0.326 e. The van der Waals surface area contributed by atoms with Crippen LogP contribution in [0.2, 0.25) is 0 Å². The van der Waals surface area contributed by atoms with Crippen molar-refractivity contribution in [1.29, 1.82) is 0 Å². The maximum absolute atomic E-state index is 11.7. The van der Waals surface area contributed by atoms with Crippen molar-refractivity contribution in [2.24, 2.45) is 5.92 Å². The van der Waals surface area contributed by atoms with Crippen molar-refractivity contribution in [1.82, 2.24) is 5.32 Å². The van der Waals surface area contributed by atoms with E-state index in [9.17, 15) is 9.59 Å². The number of aryl methyl sites for hydroxylation is 1. The van der Waals surface area contributed by atoms with E-state index in [1.807, 2.05) is 31.2 Å². The van der Waals surface area contributed by atoms with E-state index in [1.54, 1.807) is 13.8 Å². The molecule has 19 heavy (non-hydrogen) atoms. The predicted molar refractivity (Wildman–Crippen MR) is 76.3 cm³/mol. The van der Waals surface area contributed by atoms with E-state index < -0.39 is 12.0 Å². The molecule has 0 bridgehead atoms. The summed E-state index contributed by atoms with van der Waals surface area (Å²) in [7, 11) is 0. The average molecular weight is 281 g/mol. The van der Waals surface area contributed by atoms with Crippen molar-refractivity contribution in [3.63, 3.8) is 0 Å². The summed E-state index contributed by atoms with van der Waals surface area (Å²) in [6.45, 7) is 5.54. The number of carbonyl (C=O) groups is 2. The number of rotatable bonds is 6. The second-order valence-corrected chi connectivity index (χ2v) is 5.78. The van der Waals surface area contributed by atoms with Crippen LogP contribution in [-0.4, -0.2) is 28.8 Å². The molecule has 0 aliphatic rings. The number of nitrogens with one attached hydrogen (secondary N) is 1. The number of hydrogen-bond donors (Lipinski definition) is 2. The second-order valence-electron chi connectivity index (χ2n) is 4.73. The zero-order valence-corrected chi connectivity index (χ0v) is 12.2. The predicted octanol–water partition coefficient (Wildman–Crippen LogP) is 2.31. The van der Waals surface area contributed by atoms with Crippen LogP contribution in [0.25, 0.3) is 0 Å². The SMILES string of the molecule is Cc1ccc(SCC(=O)N[C@@H](C(=O)O)C(C)C)cc1. The van der Waals surface area contributed by atoms with E-state index in [4.69, 9.17) is 5.11 Å². The van der Waals surface area contributed by atoms with Gasteiger partial charge < -0.3 is 10.4 Å². The van der Waals surface area contributed by atoms with Crippen LogP contribution >= 0.6 is 11.8 Å². The zero-order valence-electron chi connectivity index (χ0n) is 11.3. The minimum atomic E-state index is -0.997. The van der Waals surface area contributed by atoms with Crippen LogP contribution in [0.3, 0.4) is 0 Å². The molecule has 0 spiro atoms. The van der Waals surface area contributed by atoms with Crippen molar-refractivity contribution in [3.8, 4) is 0 Å². The molecule has 1 aromatic rings. The lowest BCUT2D eigenvalue weighted by Gasteiger charge is -2.17. The fourth-order valence-electron chi connectivity index (χ4n) is 1.51. The first-order chi connectivity index (χ1) is 8.90. The van der Waals surface area contributed by atoms with Gasteiger partial charge in [-0.2, -0.15) is 0 Å².